The van der Waals surface area contributed by atoms with Crippen LogP contribution in [-0.2, 0) is 11.8 Å². The summed E-state index contributed by atoms with van der Waals surface area (Å²) in [6.45, 7) is 9.57. The molecule has 3 rings (SSSR count). The first-order chi connectivity index (χ1) is 14.2. The number of carbonyl (C=O) groups is 1. The molecule has 162 valence electrons. The van der Waals surface area contributed by atoms with E-state index in [-0.39, 0.29) is 17.5 Å². The molecular formula is C25H35N3O2. The second-order valence-electron chi connectivity index (χ2n) is 9.31. The molecule has 0 spiro atoms. The molecule has 5 heteroatoms. The molecule has 30 heavy (non-hydrogen) atoms. The summed E-state index contributed by atoms with van der Waals surface area (Å²) in [5, 5.41) is 3.00. The lowest BCUT2D eigenvalue weighted by atomic mass is 9.86. The van der Waals surface area contributed by atoms with Gasteiger partial charge in [-0.05, 0) is 54.8 Å². The number of nitrogens with zero attached hydrogens (tertiary/aromatic N) is 2. The highest BCUT2D eigenvalue weighted by Crippen LogP contribution is 2.28. The topological polar surface area (TPSA) is 44.8 Å². The average molecular weight is 410 g/mol. The predicted molar refractivity (Wildman–Crippen MR) is 122 cm³/mol. The van der Waals surface area contributed by atoms with Crippen LogP contribution in [-0.4, -0.2) is 56.2 Å². The number of nitrogens with one attached hydrogen (secondary N) is 1. The number of likely N-dealkylation sites (N-methyl/N-ethyl adjacent to an activating group) is 1. The molecule has 0 bridgehead atoms. The Hall–Kier alpha value is -2.53. The second kappa shape index (κ2) is 9.52. The first-order valence-corrected chi connectivity index (χ1v) is 10.8. The normalized spacial score (nSPS) is 16.8. The highest BCUT2D eigenvalue weighted by Gasteiger charge is 2.31. The van der Waals surface area contributed by atoms with Crippen molar-refractivity contribution in [1.82, 2.24) is 15.1 Å². The Balaban J connectivity index is 1.59. The Morgan fingerprint density at radius 2 is 1.73 bits per heavy atom. The largest absolute Gasteiger partial charge is 0.492 e. The first kappa shape index (κ1) is 22.2. The van der Waals surface area contributed by atoms with Crippen molar-refractivity contribution >= 4 is 6.03 Å². The van der Waals surface area contributed by atoms with E-state index in [0.717, 1.165) is 18.7 Å². The minimum Gasteiger partial charge on any atom is -0.492 e. The molecular weight excluding hydrogens is 374 g/mol. The summed E-state index contributed by atoms with van der Waals surface area (Å²) < 4.78 is 5.76. The van der Waals surface area contributed by atoms with Crippen LogP contribution in [0.25, 0.3) is 0 Å². The quantitative estimate of drug-likeness (QED) is 0.710. The van der Waals surface area contributed by atoms with E-state index in [1.807, 2.05) is 31.1 Å². The maximum Gasteiger partial charge on any atom is 0.318 e. The summed E-state index contributed by atoms with van der Waals surface area (Å²) in [6, 6.07) is 17.0. The minimum absolute atomic E-state index is 0.0172. The molecule has 2 aromatic rings. The zero-order chi connectivity index (χ0) is 21.7. The Labute approximate surface area is 181 Å². The Morgan fingerprint density at radius 1 is 1.07 bits per heavy atom. The van der Waals surface area contributed by atoms with Crippen LogP contribution < -0.4 is 10.1 Å². The molecule has 1 unspecified atom stereocenters. The smallest absolute Gasteiger partial charge is 0.318 e. The highest BCUT2D eigenvalue weighted by molar-refractivity contribution is 5.77. The van der Waals surface area contributed by atoms with Crippen LogP contribution in [0.4, 0.5) is 4.79 Å². The fourth-order valence-corrected chi connectivity index (χ4v) is 3.65. The Morgan fingerprint density at radius 3 is 2.33 bits per heavy atom. The highest BCUT2D eigenvalue weighted by atomic mass is 16.5. The van der Waals surface area contributed by atoms with Crippen LogP contribution >= 0.6 is 0 Å². The lowest BCUT2D eigenvalue weighted by Crippen LogP contribution is -2.31. The number of benzene rings is 2. The van der Waals surface area contributed by atoms with Gasteiger partial charge in [-0.2, -0.15) is 0 Å². The van der Waals surface area contributed by atoms with Gasteiger partial charge < -0.3 is 19.9 Å². The number of hydrogen-bond donors (Lipinski definition) is 1. The van der Waals surface area contributed by atoms with Crippen molar-refractivity contribution in [3.8, 4) is 5.75 Å². The molecule has 0 saturated carbocycles. The number of ether oxygens (including phenoxy) is 1. The molecule has 2 aromatic carbocycles. The second-order valence-corrected chi connectivity index (χ2v) is 9.31. The van der Waals surface area contributed by atoms with E-state index < -0.39 is 0 Å². The van der Waals surface area contributed by atoms with E-state index >= 15 is 0 Å². The predicted octanol–water partition coefficient (Wildman–Crippen LogP) is 4.23. The van der Waals surface area contributed by atoms with Gasteiger partial charge in [0.05, 0.1) is 6.04 Å². The molecule has 1 atom stereocenters. The summed E-state index contributed by atoms with van der Waals surface area (Å²) in [7, 11) is 4.07. The van der Waals surface area contributed by atoms with E-state index in [4.69, 9.17) is 4.74 Å². The fourth-order valence-electron chi connectivity index (χ4n) is 3.65. The van der Waals surface area contributed by atoms with Crippen LogP contribution in [0.2, 0.25) is 0 Å². The summed E-state index contributed by atoms with van der Waals surface area (Å²) in [4.78, 5) is 16.5. The van der Waals surface area contributed by atoms with Crippen molar-refractivity contribution in [3.63, 3.8) is 0 Å². The average Bonchev–Trinajstić information content (AvgIpc) is 3.07. The van der Waals surface area contributed by atoms with Gasteiger partial charge in [-0.1, -0.05) is 57.2 Å². The molecule has 1 N–H and O–H groups in total. The summed E-state index contributed by atoms with van der Waals surface area (Å²) in [5.74, 6) is 0.885. The van der Waals surface area contributed by atoms with E-state index in [2.05, 4.69) is 67.4 Å². The zero-order valence-corrected chi connectivity index (χ0v) is 18.9. The van der Waals surface area contributed by atoms with Crippen molar-refractivity contribution in [3.05, 3.63) is 65.2 Å². The molecule has 1 aliphatic heterocycles. The van der Waals surface area contributed by atoms with Crippen LogP contribution in [0.5, 0.6) is 5.75 Å². The van der Waals surface area contributed by atoms with Crippen molar-refractivity contribution in [2.75, 3.05) is 40.3 Å². The molecule has 0 aliphatic carbocycles. The van der Waals surface area contributed by atoms with Gasteiger partial charge in [0, 0.05) is 19.6 Å². The maximum atomic E-state index is 12.4. The van der Waals surface area contributed by atoms with E-state index in [9.17, 15) is 4.79 Å². The van der Waals surface area contributed by atoms with Gasteiger partial charge in [0.1, 0.15) is 12.4 Å². The van der Waals surface area contributed by atoms with Gasteiger partial charge in [0.2, 0.25) is 0 Å². The van der Waals surface area contributed by atoms with Crippen molar-refractivity contribution in [2.45, 2.75) is 38.6 Å². The Bertz CT molecular complexity index is 823. The summed E-state index contributed by atoms with van der Waals surface area (Å²) >= 11 is 0. The van der Waals surface area contributed by atoms with Crippen LogP contribution in [0.3, 0.4) is 0 Å². The minimum atomic E-state index is 0.0172. The van der Waals surface area contributed by atoms with E-state index in [0.29, 0.717) is 19.7 Å². The van der Waals surface area contributed by atoms with Crippen molar-refractivity contribution in [2.24, 2.45) is 0 Å². The molecule has 5 nitrogen and oxygen atoms in total. The number of urea groups is 1. The third kappa shape index (κ3) is 5.76. The van der Waals surface area contributed by atoms with E-state index in [1.165, 1.54) is 16.7 Å². The zero-order valence-electron chi connectivity index (χ0n) is 18.9. The van der Waals surface area contributed by atoms with Gasteiger partial charge in [0.25, 0.3) is 0 Å². The third-order valence-corrected chi connectivity index (χ3v) is 5.62. The summed E-state index contributed by atoms with van der Waals surface area (Å²) in [5.41, 5.74) is 3.83. The van der Waals surface area contributed by atoms with Crippen LogP contribution in [0.1, 0.15) is 43.5 Å². The van der Waals surface area contributed by atoms with Gasteiger partial charge in [-0.25, -0.2) is 4.79 Å². The molecule has 0 radical (unpaired) electrons. The number of hydrogen-bond acceptors (Lipinski definition) is 3. The van der Waals surface area contributed by atoms with Gasteiger partial charge in [-0.3, -0.25) is 0 Å². The fraction of sp³-hybridized carbons (Fsp3) is 0.480. The van der Waals surface area contributed by atoms with Gasteiger partial charge >= 0.3 is 6.03 Å². The first-order valence-electron chi connectivity index (χ1n) is 10.8. The van der Waals surface area contributed by atoms with Crippen molar-refractivity contribution in [1.29, 1.82) is 0 Å². The third-order valence-electron chi connectivity index (χ3n) is 5.62. The van der Waals surface area contributed by atoms with Crippen molar-refractivity contribution < 1.29 is 9.53 Å². The monoisotopic (exact) mass is 409 g/mol. The SMILES string of the molecule is CN(C)CCOc1ccc(CCN2C(=O)NCC2c2ccc(C(C)(C)C)cc2)cc1. The lowest BCUT2D eigenvalue weighted by Gasteiger charge is -2.25. The molecule has 2 amide bonds. The lowest BCUT2D eigenvalue weighted by molar-refractivity contribution is 0.205. The summed E-state index contributed by atoms with van der Waals surface area (Å²) in [6.07, 6.45) is 0.821. The van der Waals surface area contributed by atoms with Crippen LogP contribution in [0.15, 0.2) is 48.5 Å². The molecule has 1 saturated heterocycles. The van der Waals surface area contributed by atoms with E-state index in [1.54, 1.807) is 0 Å². The number of carbonyl (C=O) groups excluding carboxylic acids is 1. The molecule has 1 fully saturated rings. The molecule has 1 aliphatic rings. The standard InChI is InChI=1S/C25H35N3O2/c1-25(2,3)21-10-8-20(9-11-21)23-18-26-24(29)28(23)15-14-19-6-12-22(13-7-19)30-17-16-27(4)5/h6-13,23H,14-18H2,1-5H3,(H,26,29). The number of rotatable bonds is 8. The maximum absolute atomic E-state index is 12.4. The van der Waals surface area contributed by atoms with Crippen LogP contribution in [0, 0.1) is 0 Å². The molecule has 0 aromatic heterocycles. The van der Waals surface area contributed by atoms with Gasteiger partial charge in [-0.15, -0.1) is 0 Å². The number of amides is 2. The molecule has 1 heterocycles. The Kier molecular flexibility index (Phi) is 7.03. The van der Waals surface area contributed by atoms with Gasteiger partial charge in [0.15, 0.2) is 0 Å².